The van der Waals surface area contributed by atoms with E-state index in [0.29, 0.717) is 0 Å². The maximum atomic E-state index is 9.10. The minimum absolute atomic E-state index is 0.882. The molecule has 0 spiro atoms. The molecule has 0 unspecified atom stereocenters. The number of nitrogens with one attached hydrogen (secondary N) is 1. The van der Waals surface area contributed by atoms with Crippen molar-refractivity contribution in [3.05, 3.63) is 72.6 Å². The Hall–Kier alpha value is -3.91. The van der Waals surface area contributed by atoms with E-state index in [4.69, 9.17) is 24.5 Å². The zero-order valence-corrected chi connectivity index (χ0v) is 17.7. The van der Waals surface area contributed by atoms with Gasteiger partial charge in [-0.3, -0.25) is 0 Å². The van der Waals surface area contributed by atoms with Gasteiger partial charge in [0.05, 0.1) is 24.5 Å². The van der Waals surface area contributed by atoms with Crippen LogP contribution in [-0.2, 0) is 22.7 Å². The van der Waals surface area contributed by atoms with Crippen LogP contribution in [0.25, 0.3) is 21.8 Å². The van der Waals surface area contributed by atoms with Gasteiger partial charge in [-0.2, -0.15) is 0 Å². The molecule has 0 atom stereocenters. The summed E-state index contributed by atoms with van der Waals surface area (Å²) in [6, 6.07) is 21.0. The molecule has 4 aromatic rings. The number of aromatic nitrogens is 2. The van der Waals surface area contributed by atoms with Crippen molar-refractivity contribution >= 4 is 33.7 Å². The second kappa shape index (κ2) is 10.9. The van der Waals surface area contributed by atoms with Gasteiger partial charge in [0.2, 0.25) is 0 Å². The fourth-order valence-corrected chi connectivity index (χ4v) is 3.31. The summed E-state index contributed by atoms with van der Waals surface area (Å²) in [6.07, 6.45) is 3.01. The normalized spacial score (nSPS) is 10.5. The smallest absolute Gasteiger partial charge is 0.414 e. The number of methoxy groups -OCH3 is 1. The molecule has 8 heteroatoms. The molecule has 0 aliphatic carbocycles. The SMILES string of the molecule is COc1ccc2cc(CNCCCn3cnc4ccccc43)ccc2c1.O=C(O)C(=O)O. The molecular formula is C24H25N3O5. The van der Waals surface area contributed by atoms with E-state index in [9.17, 15) is 0 Å². The number of nitrogens with zero attached hydrogens (tertiary/aromatic N) is 2. The van der Waals surface area contributed by atoms with Crippen molar-refractivity contribution in [2.75, 3.05) is 13.7 Å². The highest BCUT2D eigenvalue weighted by Crippen LogP contribution is 2.21. The predicted octanol–water partition coefficient (Wildman–Crippen LogP) is 3.53. The van der Waals surface area contributed by atoms with Crippen molar-refractivity contribution in [1.29, 1.82) is 0 Å². The quantitative estimate of drug-likeness (QED) is 0.301. The van der Waals surface area contributed by atoms with Crippen molar-refractivity contribution in [3.63, 3.8) is 0 Å². The van der Waals surface area contributed by atoms with Gasteiger partial charge in [-0.1, -0.05) is 30.3 Å². The van der Waals surface area contributed by atoms with Crippen LogP contribution in [0, 0.1) is 0 Å². The lowest BCUT2D eigenvalue weighted by Gasteiger charge is -2.08. The average Bonchev–Trinajstić information content (AvgIpc) is 3.22. The van der Waals surface area contributed by atoms with E-state index in [0.717, 1.165) is 37.3 Å². The third kappa shape index (κ3) is 6.05. The number of carbonyl (C=O) groups is 2. The summed E-state index contributed by atoms with van der Waals surface area (Å²) in [5, 5.41) is 20.8. The molecule has 0 aliphatic rings. The number of hydrogen-bond donors (Lipinski definition) is 3. The molecule has 0 radical (unpaired) electrons. The second-order valence-electron chi connectivity index (χ2n) is 7.11. The minimum Gasteiger partial charge on any atom is -0.497 e. The third-order valence-electron chi connectivity index (χ3n) is 4.90. The van der Waals surface area contributed by atoms with E-state index in [-0.39, 0.29) is 0 Å². The highest BCUT2D eigenvalue weighted by atomic mass is 16.5. The van der Waals surface area contributed by atoms with E-state index >= 15 is 0 Å². The van der Waals surface area contributed by atoms with Crippen LogP contribution in [0.15, 0.2) is 67.0 Å². The van der Waals surface area contributed by atoms with Crippen molar-refractivity contribution in [2.45, 2.75) is 19.5 Å². The summed E-state index contributed by atoms with van der Waals surface area (Å²) >= 11 is 0. The molecule has 32 heavy (non-hydrogen) atoms. The molecule has 0 amide bonds. The number of imidazole rings is 1. The lowest BCUT2D eigenvalue weighted by molar-refractivity contribution is -0.159. The Kier molecular flexibility index (Phi) is 7.77. The number of para-hydroxylation sites is 2. The number of aliphatic carboxylic acids is 2. The summed E-state index contributed by atoms with van der Waals surface area (Å²) in [6.45, 7) is 2.84. The molecule has 3 aromatic carbocycles. The number of benzene rings is 3. The van der Waals surface area contributed by atoms with Crippen molar-refractivity contribution in [2.24, 2.45) is 0 Å². The molecule has 4 rings (SSSR count). The number of hydrogen-bond acceptors (Lipinski definition) is 5. The number of carboxylic acid groups (broad SMARTS) is 2. The maximum Gasteiger partial charge on any atom is 0.414 e. The molecule has 3 N–H and O–H groups in total. The van der Waals surface area contributed by atoms with Crippen LogP contribution in [-0.4, -0.2) is 45.4 Å². The lowest BCUT2D eigenvalue weighted by atomic mass is 10.1. The fourth-order valence-electron chi connectivity index (χ4n) is 3.31. The van der Waals surface area contributed by atoms with Gasteiger partial charge in [-0.15, -0.1) is 0 Å². The number of fused-ring (bicyclic) bond motifs is 2. The van der Waals surface area contributed by atoms with Gasteiger partial charge in [0.15, 0.2) is 0 Å². The van der Waals surface area contributed by atoms with Gasteiger partial charge in [-0.25, -0.2) is 14.6 Å². The monoisotopic (exact) mass is 435 g/mol. The molecule has 0 aliphatic heterocycles. The van der Waals surface area contributed by atoms with E-state index in [1.165, 1.54) is 21.9 Å². The summed E-state index contributed by atoms with van der Waals surface area (Å²) in [5.41, 5.74) is 3.57. The van der Waals surface area contributed by atoms with Crippen LogP contribution in [0.5, 0.6) is 5.75 Å². The Labute approximate surface area is 185 Å². The first-order valence-electron chi connectivity index (χ1n) is 10.1. The van der Waals surface area contributed by atoms with Gasteiger partial charge >= 0.3 is 11.9 Å². The Morgan fingerprint density at radius 2 is 1.72 bits per heavy atom. The van der Waals surface area contributed by atoms with Gasteiger partial charge in [-0.05, 0) is 59.6 Å². The molecule has 0 bridgehead atoms. The highest BCUT2D eigenvalue weighted by Gasteiger charge is 2.04. The van der Waals surface area contributed by atoms with Gasteiger partial charge in [0.1, 0.15) is 5.75 Å². The Balaban J connectivity index is 0.000000427. The zero-order chi connectivity index (χ0) is 22.9. The molecule has 1 aromatic heterocycles. The minimum atomic E-state index is -1.82. The molecule has 0 saturated heterocycles. The van der Waals surface area contributed by atoms with E-state index in [2.05, 4.69) is 63.4 Å². The van der Waals surface area contributed by atoms with Crippen LogP contribution in [0.1, 0.15) is 12.0 Å². The molecule has 166 valence electrons. The first-order chi connectivity index (χ1) is 15.5. The van der Waals surface area contributed by atoms with Crippen molar-refractivity contribution < 1.29 is 24.5 Å². The molecule has 8 nitrogen and oxygen atoms in total. The fraction of sp³-hybridized carbons (Fsp3) is 0.208. The lowest BCUT2D eigenvalue weighted by Crippen LogP contribution is -2.16. The number of ether oxygens (including phenoxy) is 1. The topological polar surface area (TPSA) is 114 Å². The Morgan fingerprint density at radius 3 is 2.47 bits per heavy atom. The number of carboxylic acids is 2. The van der Waals surface area contributed by atoms with E-state index in [1.54, 1.807) is 7.11 Å². The van der Waals surface area contributed by atoms with E-state index < -0.39 is 11.9 Å². The number of aryl methyl sites for hydroxylation is 1. The highest BCUT2D eigenvalue weighted by molar-refractivity contribution is 6.27. The maximum absolute atomic E-state index is 9.10. The van der Waals surface area contributed by atoms with Crippen LogP contribution in [0.3, 0.4) is 0 Å². The van der Waals surface area contributed by atoms with Gasteiger partial charge in [0, 0.05) is 13.1 Å². The summed E-state index contributed by atoms with van der Waals surface area (Å²) in [7, 11) is 1.70. The van der Waals surface area contributed by atoms with Gasteiger partial charge < -0.3 is 24.8 Å². The standard InChI is InChI=1S/C22H23N3O.C2H2O4/c1-26-20-10-9-18-13-17(7-8-19(18)14-20)15-23-11-4-12-25-16-24-21-5-2-3-6-22(21)25;3-1(4)2(5)6/h2-3,5-10,13-14,16,23H,4,11-12,15H2,1H3;(H,3,4)(H,5,6). The zero-order valence-electron chi connectivity index (χ0n) is 17.7. The molecule has 1 heterocycles. The van der Waals surface area contributed by atoms with Crippen LogP contribution >= 0.6 is 0 Å². The first-order valence-corrected chi connectivity index (χ1v) is 10.1. The van der Waals surface area contributed by atoms with Gasteiger partial charge in [0.25, 0.3) is 0 Å². The van der Waals surface area contributed by atoms with Crippen molar-refractivity contribution in [1.82, 2.24) is 14.9 Å². The first kappa shape index (κ1) is 22.8. The van der Waals surface area contributed by atoms with E-state index in [1.807, 2.05) is 18.5 Å². The summed E-state index contributed by atoms with van der Waals surface area (Å²) in [4.78, 5) is 22.6. The van der Waals surface area contributed by atoms with Crippen LogP contribution in [0.4, 0.5) is 0 Å². The Bertz CT molecular complexity index is 1210. The largest absolute Gasteiger partial charge is 0.497 e. The average molecular weight is 435 g/mol. The Morgan fingerprint density at radius 1 is 1.00 bits per heavy atom. The summed E-state index contributed by atoms with van der Waals surface area (Å²) < 4.78 is 7.51. The third-order valence-corrected chi connectivity index (χ3v) is 4.90. The summed E-state index contributed by atoms with van der Waals surface area (Å²) in [5.74, 6) is -2.75. The molecular weight excluding hydrogens is 410 g/mol. The predicted molar refractivity (Wildman–Crippen MR) is 122 cm³/mol. The second-order valence-corrected chi connectivity index (χ2v) is 7.11. The number of rotatable bonds is 7. The molecule has 0 saturated carbocycles. The molecule has 0 fully saturated rings. The van der Waals surface area contributed by atoms with Crippen LogP contribution in [0.2, 0.25) is 0 Å². The van der Waals surface area contributed by atoms with Crippen molar-refractivity contribution in [3.8, 4) is 5.75 Å². The van der Waals surface area contributed by atoms with Crippen LogP contribution < -0.4 is 10.1 Å².